The Balaban J connectivity index is 2.46. The molecular weight excluding hydrogens is 294 g/mol. The highest BCUT2D eigenvalue weighted by molar-refractivity contribution is 5.80. The summed E-state index contributed by atoms with van der Waals surface area (Å²) in [5.74, 6) is 1.26. The van der Waals surface area contributed by atoms with Crippen molar-refractivity contribution < 1.29 is 14.3 Å². The first-order chi connectivity index (χ1) is 11.0. The Bertz CT molecular complexity index is 518. The van der Waals surface area contributed by atoms with Crippen LogP contribution in [0, 0.1) is 6.92 Å². The Morgan fingerprint density at radius 3 is 2.78 bits per heavy atom. The molecule has 6 heteroatoms. The smallest absolute Gasteiger partial charge is 0.307 e. The van der Waals surface area contributed by atoms with E-state index < -0.39 is 0 Å². The van der Waals surface area contributed by atoms with Gasteiger partial charge in [0.15, 0.2) is 5.96 Å². The van der Waals surface area contributed by atoms with Crippen LogP contribution in [0.2, 0.25) is 0 Å². The van der Waals surface area contributed by atoms with E-state index in [0.29, 0.717) is 25.5 Å². The summed E-state index contributed by atoms with van der Waals surface area (Å²) in [5.41, 5.74) is 1.16. The van der Waals surface area contributed by atoms with Gasteiger partial charge in [-0.05, 0) is 38.5 Å². The van der Waals surface area contributed by atoms with Gasteiger partial charge in [0, 0.05) is 13.1 Å². The minimum absolute atomic E-state index is 0.0483. The summed E-state index contributed by atoms with van der Waals surface area (Å²) in [7, 11) is 1.38. The number of carbonyl (C=O) groups excluding carboxylic acids is 1. The normalized spacial score (nSPS) is 12.4. The summed E-state index contributed by atoms with van der Waals surface area (Å²) in [5, 5.41) is 6.23. The van der Waals surface area contributed by atoms with Gasteiger partial charge >= 0.3 is 5.97 Å². The topological polar surface area (TPSA) is 72.0 Å². The number of nitrogens with one attached hydrogen (secondary N) is 2. The van der Waals surface area contributed by atoms with Gasteiger partial charge < -0.3 is 20.1 Å². The van der Waals surface area contributed by atoms with Crippen LogP contribution >= 0.6 is 0 Å². The predicted octanol–water partition coefficient (Wildman–Crippen LogP) is 1.88. The van der Waals surface area contributed by atoms with Crippen LogP contribution < -0.4 is 15.4 Å². The van der Waals surface area contributed by atoms with Crippen molar-refractivity contribution in [1.82, 2.24) is 10.6 Å². The first-order valence-electron chi connectivity index (χ1n) is 7.87. The minimum Gasteiger partial charge on any atom is -0.489 e. The van der Waals surface area contributed by atoms with E-state index in [1.807, 2.05) is 45.0 Å². The number of aryl methyl sites for hydroxylation is 1. The maximum atomic E-state index is 11.1. The molecule has 0 aliphatic carbocycles. The molecule has 0 aliphatic heterocycles. The number of methoxy groups -OCH3 is 1. The van der Waals surface area contributed by atoms with Crippen LogP contribution in [0.4, 0.5) is 0 Å². The van der Waals surface area contributed by atoms with E-state index in [0.717, 1.165) is 17.9 Å². The van der Waals surface area contributed by atoms with Gasteiger partial charge in [-0.15, -0.1) is 0 Å². The van der Waals surface area contributed by atoms with Gasteiger partial charge in [0.1, 0.15) is 11.9 Å². The van der Waals surface area contributed by atoms with Gasteiger partial charge in [-0.2, -0.15) is 0 Å². The number of aliphatic imine (C=N–C) groups is 1. The highest BCUT2D eigenvalue weighted by Crippen LogP contribution is 2.14. The lowest BCUT2D eigenvalue weighted by Gasteiger charge is -2.15. The van der Waals surface area contributed by atoms with E-state index in [2.05, 4.69) is 20.4 Å². The van der Waals surface area contributed by atoms with Crippen LogP contribution in [0.5, 0.6) is 5.75 Å². The van der Waals surface area contributed by atoms with Gasteiger partial charge in [0.2, 0.25) is 0 Å². The Kier molecular flexibility index (Phi) is 8.57. The lowest BCUT2D eigenvalue weighted by Crippen LogP contribution is -2.39. The quantitative estimate of drug-likeness (QED) is 0.434. The second kappa shape index (κ2) is 10.5. The highest BCUT2D eigenvalue weighted by atomic mass is 16.5. The molecular formula is C17H27N3O3. The summed E-state index contributed by atoms with van der Waals surface area (Å²) in [6.07, 6.45) is 0.254. The average molecular weight is 321 g/mol. The van der Waals surface area contributed by atoms with E-state index >= 15 is 0 Å². The second-order valence-electron chi connectivity index (χ2n) is 5.22. The molecule has 0 amide bonds. The number of hydrogen-bond donors (Lipinski definition) is 2. The molecule has 0 saturated heterocycles. The molecule has 1 aromatic carbocycles. The molecule has 0 saturated carbocycles. The van der Waals surface area contributed by atoms with E-state index in [4.69, 9.17) is 4.74 Å². The fourth-order valence-electron chi connectivity index (χ4n) is 1.90. The number of hydrogen-bond acceptors (Lipinski definition) is 4. The lowest BCUT2D eigenvalue weighted by molar-refractivity contribution is -0.140. The van der Waals surface area contributed by atoms with E-state index in [9.17, 15) is 4.79 Å². The second-order valence-corrected chi connectivity index (χ2v) is 5.22. The highest BCUT2D eigenvalue weighted by Gasteiger charge is 2.06. The minimum atomic E-state index is -0.246. The largest absolute Gasteiger partial charge is 0.489 e. The maximum Gasteiger partial charge on any atom is 0.307 e. The van der Waals surface area contributed by atoms with Crippen molar-refractivity contribution >= 4 is 11.9 Å². The number of carbonyl (C=O) groups is 1. The van der Waals surface area contributed by atoms with Crippen molar-refractivity contribution in [2.24, 2.45) is 4.99 Å². The molecule has 1 unspecified atom stereocenters. The fraction of sp³-hybridized carbons (Fsp3) is 0.529. The van der Waals surface area contributed by atoms with Gasteiger partial charge in [0.05, 0.1) is 20.1 Å². The van der Waals surface area contributed by atoms with Crippen molar-refractivity contribution in [2.45, 2.75) is 33.3 Å². The Hall–Kier alpha value is -2.24. The Labute approximate surface area is 138 Å². The molecule has 0 aliphatic rings. The van der Waals surface area contributed by atoms with Gasteiger partial charge in [-0.3, -0.25) is 4.79 Å². The zero-order valence-electron chi connectivity index (χ0n) is 14.4. The number of rotatable bonds is 8. The molecule has 0 radical (unpaired) electrons. The van der Waals surface area contributed by atoms with E-state index in [1.165, 1.54) is 7.11 Å². The van der Waals surface area contributed by atoms with Crippen LogP contribution in [-0.2, 0) is 9.53 Å². The van der Waals surface area contributed by atoms with Crippen molar-refractivity contribution in [3.8, 4) is 5.75 Å². The summed E-state index contributed by atoms with van der Waals surface area (Å²) >= 11 is 0. The third kappa shape index (κ3) is 8.09. The van der Waals surface area contributed by atoms with Gasteiger partial charge in [-0.1, -0.05) is 12.1 Å². The van der Waals surface area contributed by atoms with Crippen molar-refractivity contribution in [1.29, 1.82) is 0 Å². The molecule has 128 valence electrons. The standard InChI is InChI=1S/C17H27N3O3/c1-5-18-17(19-10-9-16(21)22-4)20-12-14(3)23-15-8-6-7-13(2)11-15/h6-8,11,14H,5,9-10,12H2,1-4H3,(H2,18,19,20). The summed E-state index contributed by atoms with van der Waals surface area (Å²) in [4.78, 5) is 15.6. The average Bonchev–Trinajstić information content (AvgIpc) is 2.52. The molecule has 0 aromatic heterocycles. The molecule has 0 heterocycles. The van der Waals surface area contributed by atoms with Crippen molar-refractivity contribution in [2.75, 3.05) is 26.7 Å². The zero-order valence-corrected chi connectivity index (χ0v) is 14.4. The molecule has 0 fully saturated rings. The first kappa shape index (κ1) is 18.8. The molecule has 1 rings (SSSR count). The molecule has 6 nitrogen and oxygen atoms in total. The number of nitrogens with zero attached hydrogens (tertiary/aromatic N) is 1. The Morgan fingerprint density at radius 1 is 1.35 bits per heavy atom. The molecule has 23 heavy (non-hydrogen) atoms. The van der Waals surface area contributed by atoms with E-state index in [1.54, 1.807) is 0 Å². The number of esters is 1. The van der Waals surface area contributed by atoms with Crippen LogP contribution in [0.15, 0.2) is 29.3 Å². The summed E-state index contributed by atoms with van der Waals surface area (Å²) in [6.45, 7) is 7.74. The Morgan fingerprint density at radius 2 is 2.13 bits per heavy atom. The molecule has 0 bridgehead atoms. The van der Waals surface area contributed by atoms with Crippen LogP contribution in [0.1, 0.15) is 25.8 Å². The van der Waals surface area contributed by atoms with Crippen LogP contribution in [-0.4, -0.2) is 44.8 Å². The van der Waals surface area contributed by atoms with E-state index in [-0.39, 0.29) is 12.1 Å². The van der Waals surface area contributed by atoms with Crippen molar-refractivity contribution in [3.63, 3.8) is 0 Å². The number of guanidine groups is 1. The molecule has 1 aromatic rings. The number of ether oxygens (including phenoxy) is 2. The summed E-state index contributed by atoms with van der Waals surface area (Å²) in [6, 6.07) is 7.94. The third-order valence-electron chi connectivity index (χ3n) is 3.03. The predicted molar refractivity (Wildman–Crippen MR) is 91.9 cm³/mol. The SMILES string of the molecule is CCNC(=NCC(C)Oc1cccc(C)c1)NCCC(=O)OC. The zero-order chi connectivity index (χ0) is 17.1. The maximum absolute atomic E-state index is 11.1. The molecule has 0 spiro atoms. The van der Waals surface area contributed by atoms with Crippen LogP contribution in [0.25, 0.3) is 0 Å². The first-order valence-corrected chi connectivity index (χ1v) is 7.87. The number of benzene rings is 1. The molecule has 2 N–H and O–H groups in total. The van der Waals surface area contributed by atoms with Gasteiger partial charge in [0.25, 0.3) is 0 Å². The fourth-order valence-corrected chi connectivity index (χ4v) is 1.90. The third-order valence-corrected chi connectivity index (χ3v) is 3.03. The van der Waals surface area contributed by atoms with Crippen LogP contribution in [0.3, 0.4) is 0 Å². The monoisotopic (exact) mass is 321 g/mol. The summed E-state index contributed by atoms with van der Waals surface area (Å²) < 4.78 is 10.5. The van der Waals surface area contributed by atoms with Gasteiger partial charge in [-0.25, -0.2) is 4.99 Å². The lowest BCUT2D eigenvalue weighted by atomic mass is 10.2. The van der Waals surface area contributed by atoms with Crippen molar-refractivity contribution in [3.05, 3.63) is 29.8 Å². The molecule has 1 atom stereocenters.